The average molecular weight is 427 g/mol. The number of nitrogens with zero attached hydrogens (tertiary/aromatic N) is 4. The number of hydrogen-bond donors (Lipinski definition) is 1. The molecule has 0 radical (unpaired) electrons. The van der Waals surface area contributed by atoms with Crippen molar-refractivity contribution in [1.29, 1.82) is 0 Å². The van der Waals surface area contributed by atoms with E-state index in [0.717, 1.165) is 38.7 Å². The zero-order valence-electron chi connectivity index (χ0n) is 17.4. The van der Waals surface area contributed by atoms with E-state index in [1.165, 1.54) is 0 Å². The van der Waals surface area contributed by atoms with E-state index in [1.807, 2.05) is 54.6 Å². The largest absolute Gasteiger partial charge is 0.306 e. The smallest absolute Gasteiger partial charge is 0.259 e. The molecule has 0 aliphatic heterocycles. The Morgan fingerprint density at radius 3 is 2.42 bits per heavy atom. The van der Waals surface area contributed by atoms with Gasteiger partial charge in [0.05, 0.1) is 28.7 Å². The maximum absolute atomic E-state index is 12.8. The van der Waals surface area contributed by atoms with Crippen LogP contribution in [0.2, 0.25) is 0 Å². The van der Waals surface area contributed by atoms with Crippen molar-refractivity contribution in [2.24, 2.45) is 0 Å². The van der Waals surface area contributed by atoms with Gasteiger partial charge >= 0.3 is 0 Å². The summed E-state index contributed by atoms with van der Waals surface area (Å²) >= 11 is 0. The van der Waals surface area contributed by atoms with Gasteiger partial charge in [-0.05, 0) is 35.9 Å². The summed E-state index contributed by atoms with van der Waals surface area (Å²) in [5.41, 5.74) is 5.95. The van der Waals surface area contributed by atoms with E-state index in [0.29, 0.717) is 16.9 Å². The minimum Gasteiger partial charge on any atom is -0.306 e. The van der Waals surface area contributed by atoms with E-state index >= 15 is 0 Å². The fraction of sp³-hybridized carbons (Fsp3) is 0. The summed E-state index contributed by atoms with van der Waals surface area (Å²) in [6.07, 6.45) is 6.53. The number of benzene rings is 2. The number of hydrogen-bond acceptors (Lipinski definition) is 5. The molecule has 4 heterocycles. The molecule has 6 nitrogen and oxygen atoms in total. The maximum atomic E-state index is 12.8. The molecule has 0 aliphatic carbocycles. The lowest BCUT2D eigenvalue weighted by Gasteiger charge is -2.13. The van der Waals surface area contributed by atoms with Gasteiger partial charge < -0.3 is 4.98 Å². The van der Waals surface area contributed by atoms with Gasteiger partial charge in [-0.1, -0.05) is 42.5 Å². The molecular weight excluding hydrogens is 410 g/mol. The van der Waals surface area contributed by atoms with E-state index in [1.54, 1.807) is 24.8 Å². The Balaban J connectivity index is 1.64. The van der Waals surface area contributed by atoms with Crippen molar-refractivity contribution in [1.82, 2.24) is 24.9 Å². The second-order valence-electron chi connectivity index (χ2n) is 7.70. The molecule has 33 heavy (non-hydrogen) atoms. The van der Waals surface area contributed by atoms with Crippen LogP contribution in [-0.4, -0.2) is 24.9 Å². The number of nitrogens with one attached hydrogen (secondary N) is 1. The monoisotopic (exact) mass is 427 g/mol. The lowest BCUT2D eigenvalue weighted by Crippen LogP contribution is -2.10. The van der Waals surface area contributed by atoms with Gasteiger partial charge in [-0.3, -0.25) is 19.7 Å². The van der Waals surface area contributed by atoms with Gasteiger partial charge in [0, 0.05) is 40.5 Å². The first-order valence-corrected chi connectivity index (χ1v) is 10.5. The second kappa shape index (κ2) is 7.76. The molecule has 0 unspecified atom stereocenters. The van der Waals surface area contributed by atoms with E-state index in [9.17, 15) is 4.79 Å². The summed E-state index contributed by atoms with van der Waals surface area (Å²) in [5.74, 6) is 0. The van der Waals surface area contributed by atoms with Crippen molar-refractivity contribution >= 4 is 21.9 Å². The van der Waals surface area contributed by atoms with Crippen LogP contribution in [0.4, 0.5) is 0 Å². The number of aromatic nitrogens is 5. The summed E-state index contributed by atoms with van der Waals surface area (Å²) in [7, 11) is 0. The van der Waals surface area contributed by atoms with Crippen molar-refractivity contribution in [3.8, 4) is 33.6 Å². The quantitative estimate of drug-likeness (QED) is 0.416. The lowest BCUT2D eigenvalue weighted by atomic mass is 9.96. The molecular formula is C27H17N5O. The molecule has 1 N–H and O–H groups in total. The predicted octanol–water partition coefficient (Wildman–Crippen LogP) is 5.26. The van der Waals surface area contributed by atoms with E-state index in [2.05, 4.69) is 38.1 Å². The van der Waals surface area contributed by atoms with Crippen LogP contribution in [-0.2, 0) is 0 Å². The van der Waals surface area contributed by atoms with Crippen LogP contribution >= 0.6 is 0 Å². The highest BCUT2D eigenvalue weighted by atomic mass is 16.1. The molecule has 0 spiro atoms. The standard InChI is InChI=1S/C27H17N5O/c33-27-22(24-16-28-11-12-30-24)15-20-14-21(18-8-9-23-19(13-18)7-4-10-29-23)25(31-26(20)32-27)17-5-2-1-3-6-17/h1-16H,(H,31,32,33). The molecule has 0 bridgehead atoms. The maximum Gasteiger partial charge on any atom is 0.259 e. The van der Waals surface area contributed by atoms with Gasteiger partial charge in [0.25, 0.3) is 5.56 Å². The molecule has 0 atom stereocenters. The minimum atomic E-state index is -0.251. The van der Waals surface area contributed by atoms with Gasteiger partial charge in [0.15, 0.2) is 0 Å². The zero-order valence-corrected chi connectivity index (χ0v) is 17.4. The third-order valence-electron chi connectivity index (χ3n) is 5.63. The number of aromatic amines is 1. The van der Waals surface area contributed by atoms with Crippen molar-refractivity contribution in [3.05, 3.63) is 108 Å². The van der Waals surface area contributed by atoms with Crippen molar-refractivity contribution in [3.63, 3.8) is 0 Å². The third-order valence-corrected chi connectivity index (χ3v) is 5.63. The van der Waals surface area contributed by atoms with Crippen LogP contribution in [0.25, 0.3) is 55.6 Å². The fourth-order valence-electron chi connectivity index (χ4n) is 4.04. The van der Waals surface area contributed by atoms with Gasteiger partial charge in [-0.15, -0.1) is 0 Å². The highest BCUT2D eigenvalue weighted by molar-refractivity contribution is 5.94. The Morgan fingerprint density at radius 2 is 1.58 bits per heavy atom. The molecule has 0 fully saturated rings. The zero-order chi connectivity index (χ0) is 22.2. The van der Waals surface area contributed by atoms with Gasteiger partial charge in [0.2, 0.25) is 0 Å². The molecule has 156 valence electrons. The summed E-state index contributed by atoms with van der Waals surface area (Å²) in [6, 6.07) is 24.0. The molecule has 2 aromatic carbocycles. The topological polar surface area (TPSA) is 84.4 Å². The Kier molecular flexibility index (Phi) is 4.47. The molecule has 0 amide bonds. The number of pyridine rings is 3. The summed E-state index contributed by atoms with van der Waals surface area (Å²) in [4.78, 5) is 33.4. The summed E-state index contributed by atoms with van der Waals surface area (Å²) in [5, 5.41) is 1.87. The normalized spacial score (nSPS) is 11.2. The molecule has 0 saturated heterocycles. The Labute approximate surface area is 188 Å². The lowest BCUT2D eigenvalue weighted by molar-refractivity contribution is 1.18. The average Bonchev–Trinajstić information content (AvgIpc) is 2.88. The Hall–Kier alpha value is -4.71. The summed E-state index contributed by atoms with van der Waals surface area (Å²) in [6.45, 7) is 0. The molecule has 6 rings (SSSR count). The van der Waals surface area contributed by atoms with Crippen molar-refractivity contribution in [2.45, 2.75) is 0 Å². The highest BCUT2D eigenvalue weighted by Gasteiger charge is 2.15. The predicted molar refractivity (Wildman–Crippen MR) is 130 cm³/mol. The van der Waals surface area contributed by atoms with E-state index in [4.69, 9.17) is 4.98 Å². The third kappa shape index (κ3) is 3.43. The highest BCUT2D eigenvalue weighted by Crippen LogP contribution is 2.34. The SMILES string of the molecule is O=c1[nH]c2nc(-c3ccccc3)c(-c3ccc4ncccc4c3)cc2cc1-c1cnccn1. The molecule has 6 aromatic rings. The first-order chi connectivity index (χ1) is 16.3. The van der Waals surface area contributed by atoms with Crippen molar-refractivity contribution < 1.29 is 0 Å². The molecule has 0 saturated carbocycles. The molecule has 0 aliphatic rings. The van der Waals surface area contributed by atoms with Crippen molar-refractivity contribution in [2.75, 3.05) is 0 Å². The van der Waals surface area contributed by atoms with E-state index in [-0.39, 0.29) is 5.56 Å². The second-order valence-corrected chi connectivity index (χ2v) is 7.70. The van der Waals surface area contributed by atoms with Crippen LogP contribution in [0.15, 0.2) is 102 Å². The van der Waals surface area contributed by atoms with E-state index < -0.39 is 0 Å². The summed E-state index contributed by atoms with van der Waals surface area (Å²) < 4.78 is 0. The first kappa shape index (κ1) is 19.0. The van der Waals surface area contributed by atoms with Crippen LogP contribution < -0.4 is 5.56 Å². The van der Waals surface area contributed by atoms with Crippen LogP contribution in [0.1, 0.15) is 0 Å². The molecule has 4 aromatic heterocycles. The number of rotatable bonds is 3. The number of H-pyrrole nitrogens is 1. The molecule has 6 heteroatoms. The van der Waals surface area contributed by atoms with Gasteiger partial charge in [0.1, 0.15) is 5.65 Å². The number of fused-ring (bicyclic) bond motifs is 2. The Morgan fingerprint density at radius 1 is 0.697 bits per heavy atom. The minimum absolute atomic E-state index is 0.251. The van der Waals surface area contributed by atoms with Gasteiger partial charge in [-0.25, -0.2) is 4.98 Å². The van der Waals surface area contributed by atoms with Crippen LogP contribution in [0.3, 0.4) is 0 Å². The first-order valence-electron chi connectivity index (χ1n) is 10.5. The Bertz CT molecular complexity index is 1680. The van der Waals surface area contributed by atoms with Crippen LogP contribution in [0.5, 0.6) is 0 Å². The van der Waals surface area contributed by atoms with Crippen LogP contribution in [0, 0.1) is 0 Å². The van der Waals surface area contributed by atoms with Gasteiger partial charge in [-0.2, -0.15) is 0 Å². The fourth-order valence-corrected chi connectivity index (χ4v) is 4.04.